The SMILES string of the molecule is CC(C)(C)C.CC(C)(C)c1ccccn1.CC(C)(C)c1ccccn1.CC(C)(C)c1cccnc1.CC(C)(C)c1cccnc1.CC(C)(C)c1ccncc1.c1ccncc1. The van der Waals surface area contributed by atoms with E-state index in [0.717, 1.165) is 11.4 Å². The summed E-state index contributed by atoms with van der Waals surface area (Å²) in [5, 5.41) is 0. The van der Waals surface area contributed by atoms with Crippen LogP contribution in [0.1, 0.15) is 160 Å². The first-order chi connectivity index (χ1) is 28.0. The van der Waals surface area contributed by atoms with Gasteiger partial charge in [0.1, 0.15) is 0 Å². The molecule has 0 radical (unpaired) electrons. The lowest BCUT2D eigenvalue weighted by Crippen LogP contribution is -2.12. The second-order valence-electron chi connectivity index (χ2n) is 21.4. The first-order valence-corrected chi connectivity index (χ1v) is 21.4. The summed E-state index contributed by atoms with van der Waals surface area (Å²) in [6.45, 7) is 41.4. The highest BCUT2D eigenvalue weighted by atomic mass is 14.7. The Bertz CT molecular complexity index is 1570. The molecule has 0 saturated carbocycles. The van der Waals surface area contributed by atoms with Gasteiger partial charge in [0.05, 0.1) is 0 Å². The molecule has 0 aliphatic heterocycles. The molecule has 6 nitrogen and oxygen atoms in total. The fraction of sp³-hybridized carbons (Fsp3) is 0.455. The predicted octanol–water partition coefficient (Wildman–Crippen LogP) is 15.0. The molecule has 6 aromatic rings. The maximum atomic E-state index is 4.25. The number of hydrogen-bond donors (Lipinski definition) is 0. The molecule has 0 fully saturated rings. The van der Waals surface area contributed by atoms with Gasteiger partial charge in [-0.1, -0.05) is 162 Å². The van der Waals surface area contributed by atoms with Crippen molar-refractivity contribution in [3.05, 3.63) is 181 Å². The van der Waals surface area contributed by atoms with E-state index in [-0.39, 0.29) is 27.1 Å². The zero-order valence-electron chi connectivity index (χ0n) is 41.6. The highest BCUT2D eigenvalue weighted by molar-refractivity contribution is 5.20. The minimum atomic E-state index is 0.182. The minimum Gasteiger partial charge on any atom is -0.265 e. The predicted molar refractivity (Wildman–Crippen MR) is 264 cm³/mol. The third kappa shape index (κ3) is 30.6. The number of rotatable bonds is 0. The van der Waals surface area contributed by atoms with Gasteiger partial charge in [0.25, 0.3) is 0 Å². The molecule has 6 heteroatoms. The van der Waals surface area contributed by atoms with Crippen molar-refractivity contribution in [2.45, 2.75) is 159 Å². The lowest BCUT2D eigenvalue weighted by atomic mass is 9.88. The summed E-state index contributed by atoms with van der Waals surface area (Å²) in [5.74, 6) is 0. The molecule has 0 amide bonds. The Morgan fingerprint density at radius 2 is 0.574 bits per heavy atom. The summed E-state index contributed by atoms with van der Waals surface area (Å²) in [5.41, 5.74) is 7.78. The number of pyridine rings is 6. The van der Waals surface area contributed by atoms with Crippen LogP contribution in [0.4, 0.5) is 0 Å². The molecule has 6 rings (SSSR count). The lowest BCUT2D eigenvalue weighted by Gasteiger charge is -2.17. The molecule has 6 aromatic heterocycles. The summed E-state index contributed by atoms with van der Waals surface area (Å²) in [7, 11) is 0. The Hall–Kier alpha value is -5.10. The van der Waals surface area contributed by atoms with E-state index in [2.05, 4.69) is 198 Å². The Kier molecular flexibility index (Phi) is 24.7. The average Bonchev–Trinajstić information content (AvgIpc) is 3.19. The van der Waals surface area contributed by atoms with Crippen LogP contribution >= 0.6 is 0 Å². The Morgan fingerprint density at radius 3 is 0.738 bits per heavy atom. The van der Waals surface area contributed by atoms with Crippen LogP contribution in [0, 0.1) is 5.41 Å². The largest absolute Gasteiger partial charge is 0.265 e. The first kappa shape index (κ1) is 55.9. The Balaban J connectivity index is 0.000000697. The van der Waals surface area contributed by atoms with E-state index in [4.69, 9.17) is 0 Å². The highest BCUT2D eigenvalue weighted by Crippen LogP contribution is 2.22. The monoisotopic (exact) mass is 827 g/mol. The normalized spacial score (nSPS) is 11.2. The van der Waals surface area contributed by atoms with Gasteiger partial charge in [-0.3, -0.25) is 29.9 Å². The summed E-state index contributed by atoms with van der Waals surface area (Å²) < 4.78 is 0. The molecule has 0 bridgehead atoms. The van der Waals surface area contributed by atoms with Crippen molar-refractivity contribution < 1.29 is 0 Å². The molecule has 6 heterocycles. The van der Waals surface area contributed by atoms with E-state index in [0.29, 0.717) is 5.41 Å². The van der Waals surface area contributed by atoms with Gasteiger partial charge in [0.15, 0.2) is 0 Å². The van der Waals surface area contributed by atoms with Crippen molar-refractivity contribution in [2.24, 2.45) is 5.41 Å². The van der Waals surface area contributed by atoms with Crippen LogP contribution in [0.3, 0.4) is 0 Å². The summed E-state index contributed by atoms with van der Waals surface area (Å²) in [6.07, 6.45) is 18.3. The number of nitrogens with zero attached hydrogens (tertiary/aromatic N) is 6. The molecule has 0 atom stereocenters. The van der Waals surface area contributed by atoms with Crippen LogP contribution in [-0.2, 0) is 27.1 Å². The van der Waals surface area contributed by atoms with Crippen molar-refractivity contribution in [1.29, 1.82) is 0 Å². The fourth-order valence-electron chi connectivity index (χ4n) is 4.39. The minimum absolute atomic E-state index is 0.182. The lowest BCUT2D eigenvalue weighted by molar-refractivity contribution is 0.469. The van der Waals surface area contributed by atoms with Gasteiger partial charge in [-0.05, 0) is 99.0 Å². The van der Waals surface area contributed by atoms with Crippen molar-refractivity contribution in [3.63, 3.8) is 0 Å². The molecule has 0 aliphatic carbocycles. The van der Waals surface area contributed by atoms with E-state index in [1.54, 1.807) is 24.8 Å². The molecular formula is C55H82N6. The highest BCUT2D eigenvalue weighted by Gasteiger charge is 2.15. The Morgan fingerprint density at radius 1 is 0.262 bits per heavy atom. The van der Waals surface area contributed by atoms with Gasteiger partial charge in [0.2, 0.25) is 0 Å². The maximum absolute atomic E-state index is 4.25. The van der Waals surface area contributed by atoms with Crippen LogP contribution in [-0.4, -0.2) is 29.9 Å². The van der Waals surface area contributed by atoms with Crippen LogP contribution in [0.5, 0.6) is 0 Å². The van der Waals surface area contributed by atoms with Crippen molar-refractivity contribution >= 4 is 0 Å². The van der Waals surface area contributed by atoms with Gasteiger partial charge < -0.3 is 0 Å². The van der Waals surface area contributed by atoms with E-state index in [1.807, 2.05) is 91.8 Å². The van der Waals surface area contributed by atoms with Gasteiger partial charge >= 0.3 is 0 Å². The summed E-state index contributed by atoms with van der Waals surface area (Å²) >= 11 is 0. The molecule has 0 saturated heterocycles. The quantitative estimate of drug-likeness (QED) is 0.152. The number of aromatic nitrogens is 6. The topological polar surface area (TPSA) is 77.3 Å². The van der Waals surface area contributed by atoms with Gasteiger partial charge in [-0.2, -0.15) is 0 Å². The zero-order chi connectivity index (χ0) is 46.8. The van der Waals surface area contributed by atoms with Crippen molar-refractivity contribution in [3.8, 4) is 0 Å². The molecule has 0 N–H and O–H groups in total. The van der Waals surface area contributed by atoms with E-state index >= 15 is 0 Å². The van der Waals surface area contributed by atoms with E-state index in [9.17, 15) is 0 Å². The Labute approximate surface area is 373 Å². The van der Waals surface area contributed by atoms with Crippen molar-refractivity contribution in [2.75, 3.05) is 0 Å². The second kappa shape index (κ2) is 27.0. The molecular weight excluding hydrogens is 745 g/mol. The van der Waals surface area contributed by atoms with Crippen LogP contribution in [0.15, 0.2) is 153 Å². The third-order valence-electron chi connectivity index (χ3n) is 8.03. The van der Waals surface area contributed by atoms with Crippen molar-refractivity contribution in [1.82, 2.24) is 29.9 Å². The van der Waals surface area contributed by atoms with Crippen LogP contribution < -0.4 is 0 Å². The third-order valence-corrected chi connectivity index (χ3v) is 8.03. The van der Waals surface area contributed by atoms with Gasteiger partial charge in [0, 0.05) is 84.2 Å². The molecule has 332 valence electrons. The summed E-state index contributed by atoms with van der Waals surface area (Å²) in [4.78, 5) is 24.3. The van der Waals surface area contributed by atoms with Crippen LogP contribution in [0.25, 0.3) is 0 Å². The van der Waals surface area contributed by atoms with E-state index < -0.39 is 0 Å². The van der Waals surface area contributed by atoms with Gasteiger partial charge in [-0.15, -0.1) is 0 Å². The molecule has 61 heavy (non-hydrogen) atoms. The average molecular weight is 827 g/mol. The molecule has 0 aliphatic rings. The van der Waals surface area contributed by atoms with E-state index in [1.165, 1.54) is 16.7 Å². The van der Waals surface area contributed by atoms with Crippen LogP contribution in [0.2, 0.25) is 0 Å². The number of hydrogen-bond acceptors (Lipinski definition) is 6. The first-order valence-electron chi connectivity index (χ1n) is 21.4. The summed E-state index contributed by atoms with van der Waals surface area (Å²) in [6, 6.07) is 30.0. The smallest absolute Gasteiger partial charge is 0.0457 e. The maximum Gasteiger partial charge on any atom is 0.0457 e. The second-order valence-corrected chi connectivity index (χ2v) is 21.4. The molecule has 0 unspecified atom stereocenters. The fourth-order valence-corrected chi connectivity index (χ4v) is 4.39. The standard InChI is InChI=1S/5C9H13N.C5H5N.C5H12/c1-9(2,3)8-4-6-10-7-5-8;2*1-9(2,3)8-5-4-6-10-7-8;2*1-9(2,3)8-6-4-5-7-10-8;1-2-4-6-5-3-1;1-5(2,3)4/h5*4-7H,1-3H3;1-5H;1-4H3. The van der Waals surface area contributed by atoms with Gasteiger partial charge in [-0.25, -0.2) is 0 Å². The zero-order valence-corrected chi connectivity index (χ0v) is 41.6. The molecule has 0 spiro atoms. The molecule has 0 aromatic carbocycles.